The molecule has 3 aromatic rings. The van der Waals surface area contributed by atoms with Gasteiger partial charge in [-0.25, -0.2) is 0 Å². The number of carbonyl (C=O) groups excluding carboxylic acids is 1. The van der Waals surface area contributed by atoms with Crippen LogP contribution >= 0.6 is 11.3 Å². The van der Waals surface area contributed by atoms with E-state index in [1.807, 2.05) is 30.3 Å². The van der Waals surface area contributed by atoms with Crippen LogP contribution in [0.2, 0.25) is 0 Å². The number of carbonyl (C=O) groups is 1. The summed E-state index contributed by atoms with van der Waals surface area (Å²) >= 11 is 1.67. The normalized spacial score (nSPS) is 10.7. The van der Waals surface area contributed by atoms with Gasteiger partial charge < -0.3 is 31.8 Å². The molecule has 0 atom stereocenters. The fourth-order valence-electron chi connectivity index (χ4n) is 4.79. The number of benzene rings is 2. The number of anilines is 1. The van der Waals surface area contributed by atoms with Crippen LogP contribution in [0.15, 0.2) is 53.4 Å². The molecule has 0 unspecified atom stereocenters. The van der Waals surface area contributed by atoms with E-state index in [0.717, 1.165) is 24.1 Å². The van der Waals surface area contributed by atoms with Gasteiger partial charge in [-0.15, -0.1) is 0 Å². The molecule has 0 bridgehead atoms. The molecule has 1 heterocycles. The number of nitrogens with one attached hydrogen (secondary N) is 1. The van der Waals surface area contributed by atoms with Gasteiger partial charge in [0.25, 0.3) is 5.91 Å². The smallest absolute Gasteiger partial charge is 0.259 e. The van der Waals surface area contributed by atoms with Gasteiger partial charge >= 0.3 is 0 Å². The summed E-state index contributed by atoms with van der Waals surface area (Å²) in [5.41, 5.74) is 5.64. The Kier molecular flexibility index (Phi) is 16.6. The number of unbranched alkanes of at least 4 members (excludes halogenated alkanes) is 11. The van der Waals surface area contributed by atoms with E-state index in [0.29, 0.717) is 30.2 Å². The molecule has 220 valence electrons. The standard InChI is InChI=1S/C33H46N2O3S.BrH/c1-4-5-6-7-8-9-10-11-12-13-14-17-23-38-32-29(20-18-22-31(32)37-3)33(36)34-30-21-16-15-19-28(30)24-35-26-39-25-27(35)2;/h15-16,18-22,25-26H,4-14,17,23-24H2,1-3H3;1H. The first kappa shape index (κ1) is 33.8. The fourth-order valence-corrected chi connectivity index (χ4v) is 5.57. The molecule has 5 nitrogen and oxygen atoms in total. The van der Waals surface area contributed by atoms with Crippen LogP contribution < -0.4 is 36.3 Å². The summed E-state index contributed by atoms with van der Waals surface area (Å²) in [7, 11) is 1.61. The van der Waals surface area contributed by atoms with E-state index in [1.54, 1.807) is 24.5 Å². The highest BCUT2D eigenvalue weighted by Gasteiger charge is 2.19. The Morgan fingerprint density at radius 1 is 0.875 bits per heavy atom. The maximum Gasteiger partial charge on any atom is 0.259 e. The molecule has 2 aromatic carbocycles. The molecule has 0 saturated heterocycles. The zero-order valence-corrected chi connectivity index (χ0v) is 27.0. The highest BCUT2D eigenvalue weighted by molar-refractivity contribution is 7.07. The van der Waals surface area contributed by atoms with E-state index in [1.165, 1.54) is 69.9 Å². The van der Waals surface area contributed by atoms with Crippen LogP contribution in [0.1, 0.15) is 106 Å². The number of rotatable bonds is 19. The first-order valence-corrected chi connectivity index (χ1v) is 15.7. The molecular weight excluding hydrogens is 584 g/mol. The average molecular weight is 632 g/mol. The lowest BCUT2D eigenvalue weighted by Gasteiger charge is -2.16. The molecule has 1 N–H and O–H groups in total. The van der Waals surface area contributed by atoms with Gasteiger partial charge in [0.2, 0.25) is 5.51 Å². The van der Waals surface area contributed by atoms with Crippen molar-refractivity contribution in [1.29, 1.82) is 0 Å². The van der Waals surface area contributed by atoms with Gasteiger partial charge in [-0.3, -0.25) is 4.79 Å². The quantitative estimate of drug-likeness (QED) is 0.136. The number of methoxy groups -OCH3 is 1. The van der Waals surface area contributed by atoms with E-state index < -0.39 is 0 Å². The number of hydrogen-bond acceptors (Lipinski definition) is 4. The Morgan fingerprint density at radius 2 is 1.52 bits per heavy atom. The lowest BCUT2D eigenvalue weighted by molar-refractivity contribution is -0.689. The van der Waals surface area contributed by atoms with Crippen molar-refractivity contribution in [2.24, 2.45) is 0 Å². The summed E-state index contributed by atoms with van der Waals surface area (Å²) in [4.78, 5) is 13.4. The first-order valence-electron chi connectivity index (χ1n) is 14.7. The molecule has 7 heteroatoms. The van der Waals surface area contributed by atoms with Crippen molar-refractivity contribution in [2.75, 3.05) is 19.0 Å². The Morgan fingerprint density at radius 3 is 2.15 bits per heavy atom. The van der Waals surface area contributed by atoms with Crippen molar-refractivity contribution < 1.29 is 35.8 Å². The molecule has 0 spiro atoms. The second-order valence-corrected chi connectivity index (χ2v) is 11.0. The lowest BCUT2D eigenvalue weighted by atomic mass is 10.1. The van der Waals surface area contributed by atoms with Crippen molar-refractivity contribution in [3.63, 3.8) is 0 Å². The number of ether oxygens (including phenoxy) is 2. The molecule has 0 saturated carbocycles. The van der Waals surface area contributed by atoms with Gasteiger partial charge in [0, 0.05) is 12.5 Å². The number of halogens is 1. The molecule has 40 heavy (non-hydrogen) atoms. The molecule has 3 rings (SSSR count). The number of aryl methyl sites for hydroxylation is 1. The van der Waals surface area contributed by atoms with Crippen LogP contribution in [0.25, 0.3) is 0 Å². The number of hydrogen-bond donors (Lipinski definition) is 1. The topological polar surface area (TPSA) is 51.4 Å². The minimum Gasteiger partial charge on any atom is -1.00 e. The maximum atomic E-state index is 13.4. The molecule has 1 amide bonds. The predicted molar refractivity (Wildman–Crippen MR) is 162 cm³/mol. The highest BCUT2D eigenvalue weighted by Crippen LogP contribution is 2.32. The van der Waals surface area contributed by atoms with Gasteiger partial charge in [-0.2, -0.15) is 4.57 Å². The molecular formula is C33H47BrN2O3S. The maximum absolute atomic E-state index is 13.4. The van der Waals surface area contributed by atoms with Gasteiger partial charge in [0.05, 0.1) is 30.3 Å². The van der Waals surface area contributed by atoms with Crippen molar-refractivity contribution in [3.05, 3.63) is 70.2 Å². The third kappa shape index (κ3) is 11.2. The SMILES string of the molecule is CCCCCCCCCCCCCCOc1c(OC)cccc1C(=O)Nc1ccccc1C[n+]1cscc1C.[Br-]. The fraction of sp³-hybridized carbons (Fsp3) is 0.515. The second kappa shape index (κ2) is 19.7. The van der Waals surface area contributed by atoms with Crippen LogP contribution in [0.3, 0.4) is 0 Å². The molecule has 0 aliphatic rings. The van der Waals surface area contributed by atoms with Gasteiger partial charge in [-0.1, -0.05) is 113 Å². The third-order valence-electron chi connectivity index (χ3n) is 7.17. The monoisotopic (exact) mass is 630 g/mol. The molecule has 0 aliphatic heterocycles. The van der Waals surface area contributed by atoms with E-state index >= 15 is 0 Å². The zero-order valence-electron chi connectivity index (χ0n) is 24.6. The number of amides is 1. The third-order valence-corrected chi connectivity index (χ3v) is 8.03. The van der Waals surface area contributed by atoms with E-state index in [9.17, 15) is 4.79 Å². The Bertz CT molecular complexity index is 1130. The number of aromatic nitrogens is 1. The summed E-state index contributed by atoms with van der Waals surface area (Å²) in [6, 6.07) is 13.4. The summed E-state index contributed by atoms with van der Waals surface area (Å²) in [6.45, 7) is 5.63. The summed E-state index contributed by atoms with van der Waals surface area (Å²) in [6.07, 6.45) is 15.6. The largest absolute Gasteiger partial charge is 1.00 e. The van der Waals surface area contributed by atoms with Crippen molar-refractivity contribution in [1.82, 2.24) is 0 Å². The zero-order chi connectivity index (χ0) is 27.7. The highest BCUT2D eigenvalue weighted by atomic mass is 79.9. The van der Waals surface area contributed by atoms with Crippen LogP contribution in [-0.2, 0) is 6.54 Å². The number of nitrogens with zero attached hydrogens (tertiary/aromatic N) is 1. The summed E-state index contributed by atoms with van der Waals surface area (Å²) in [5, 5.41) is 5.24. The predicted octanol–water partition coefficient (Wildman–Crippen LogP) is 5.74. The number of para-hydroxylation sites is 2. The van der Waals surface area contributed by atoms with Crippen LogP contribution in [0.5, 0.6) is 11.5 Å². The van der Waals surface area contributed by atoms with E-state index in [2.05, 4.69) is 40.7 Å². The molecule has 0 radical (unpaired) electrons. The van der Waals surface area contributed by atoms with Crippen molar-refractivity contribution >= 4 is 22.9 Å². The van der Waals surface area contributed by atoms with Crippen molar-refractivity contribution in [3.8, 4) is 11.5 Å². The average Bonchev–Trinajstić information content (AvgIpc) is 3.36. The van der Waals surface area contributed by atoms with Gasteiger partial charge in [0.1, 0.15) is 0 Å². The van der Waals surface area contributed by atoms with Crippen LogP contribution in [-0.4, -0.2) is 19.6 Å². The van der Waals surface area contributed by atoms with Gasteiger partial charge in [0.15, 0.2) is 23.7 Å². The van der Waals surface area contributed by atoms with E-state index in [4.69, 9.17) is 9.47 Å². The minimum absolute atomic E-state index is 0. The summed E-state index contributed by atoms with van der Waals surface area (Å²) in [5.74, 6) is 0.901. The Labute approximate surface area is 256 Å². The summed E-state index contributed by atoms with van der Waals surface area (Å²) < 4.78 is 13.9. The van der Waals surface area contributed by atoms with E-state index in [-0.39, 0.29) is 22.9 Å². The minimum atomic E-state index is -0.196. The molecule has 0 fully saturated rings. The van der Waals surface area contributed by atoms with Gasteiger partial charge in [-0.05, 0) is 24.6 Å². The Balaban J connectivity index is 0.00000560. The van der Waals surface area contributed by atoms with Crippen molar-refractivity contribution in [2.45, 2.75) is 97.4 Å². The second-order valence-electron chi connectivity index (χ2n) is 10.3. The van der Waals surface area contributed by atoms with Crippen LogP contribution in [0.4, 0.5) is 5.69 Å². The number of thiazole rings is 1. The lowest BCUT2D eigenvalue weighted by Crippen LogP contribution is -3.00. The first-order chi connectivity index (χ1) is 19.1. The Hall–Kier alpha value is -2.38. The molecule has 1 aromatic heterocycles. The molecule has 0 aliphatic carbocycles. The van der Waals surface area contributed by atoms with Crippen LogP contribution in [0, 0.1) is 6.92 Å².